The van der Waals surface area contributed by atoms with Gasteiger partial charge in [0.15, 0.2) is 5.79 Å². The van der Waals surface area contributed by atoms with E-state index in [0.717, 1.165) is 37.4 Å². The molecule has 0 amide bonds. The summed E-state index contributed by atoms with van der Waals surface area (Å²) in [7, 11) is 0. The average Bonchev–Trinajstić information content (AvgIpc) is 3.21. The zero-order valence-electron chi connectivity index (χ0n) is 17.9. The largest absolute Gasteiger partial charge is 0.393 e. The molecule has 0 radical (unpaired) electrons. The van der Waals surface area contributed by atoms with Crippen LogP contribution in [0.3, 0.4) is 0 Å². The first-order chi connectivity index (χ1) is 12.8. The van der Waals surface area contributed by atoms with Crippen molar-refractivity contribution in [2.45, 2.75) is 91.0 Å². The van der Waals surface area contributed by atoms with Gasteiger partial charge in [-0.2, -0.15) is 0 Å². The van der Waals surface area contributed by atoms with Gasteiger partial charge in [0.05, 0.1) is 19.3 Å². The number of aliphatic hydroxyl groups excluding tert-OH is 1. The fraction of sp³-hybridized carbons (Fsp3) is 1.00. The minimum Gasteiger partial charge on any atom is -0.393 e. The Labute approximate surface area is 165 Å². The summed E-state index contributed by atoms with van der Waals surface area (Å²) in [5.41, 5.74) is 0.670. The normalized spacial score (nSPS) is 57.0. The van der Waals surface area contributed by atoms with Crippen LogP contribution < -0.4 is 0 Å². The number of rotatable bonds is 1. The number of fused-ring (bicyclic) bond motifs is 5. The highest BCUT2D eigenvalue weighted by Gasteiger charge is 2.64. The van der Waals surface area contributed by atoms with E-state index in [0.29, 0.717) is 28.6 Å². The van der Waals surface area contributed by atoms with Crippen molar-refractivity contribution in [2.24, 2.45) is 46.3 Å². The molecule has 0 unspecified atom stereocenters. The SMILES string of the molecule is C[C@H]1CC[C@@]2(C)[C@H](C1)[C@@H](O)C[C@@H]1[C@@H]2CC[C@]2(C)[C@@H](C3(C)OCCO3)CC[C@@H]12. The molecule has 1 saturated heterocycles. The third-order valence-electron chi connectivity index (χ3n) is 10.4. The summed E-state index contributed by atoms with van der Waals surface area (Å²) in [5.74, 6) is 3.69. The fourth-order valence-corrected chi connectivity index (χ4v) is 9.09. The minimum absolute atomic E-state index is 0.0880. The van der Waals surface area contributed by atoms with Crippen LogP contribution in [0.2, 0.25) is 0 Å². The Morgan fingerprint density at radius 2 is 1.44 bits per heavy atom. The molecular weight excluding hydrogens is 336 g/mol. The zero-order chi connectivity index (χ0) is 19.0. The zero-order valence-corrected chi connectivity index (χ0v) is 17.9. The lowest BCUT2D eigenvalue weighted by Gasteiger charge is -2.62. The van der Waals surface area contributed by atoms with Crippen molar-refractivity contribution in [3.05, 3.63) is 0 Å². The highest BCUT2D eigenvalue weighted by Crippen LogP contribution is 2.69. The van der Waals surface area contributed by atoms with Crippen LogP contribution in [0.15, 0.2) is 0 Å². The maximum Gasteiger partial charge on any atom is 0.169 e. The fourth-order valence-electron chi connectivity index (χ4n) is 9.09. The van der Waals surface area contributed by atoms with Crippen LogP contribution in [-0.2, 0) is 9.47 Å². The molecule has 0 aromatic carbocycles. The first-order valence-corrected chi connectivity index (χ1v) is 11.7. The lowest BCUT2D eigenvalue weighted by atomic mass is 9.43. The van der Waals surface area contributed by atoms with Crippen molar-refractivity contribution in [3.8, 4) is 0 Å². The highest BCUT2D eigenvalue weighted by atomic mass is 16.7. The molecule has 3 heteroatoms. The molecule has 0 bridgehead atoms. The summed E-state index contributed by atoms with van der Waals surface area (Å²) >= 11 is 0. The van der Waals surface area contributed by atoms with Gasteiger partial charge in [-0.1, -0.05) is 27.2 Å². The predicted octanol–water partition coefficient (Wildman–Crippen LogP) is 5.02. The van der Waals surface area contributed by atoms with E-state index in [1.807, 2.05) is 0 Å². The number of hydrogen-bond donors (Lipinski definition) is 1. The van der Waals surface area contributed by atoms with E-state index in [1.165, 1.54) is 44.9 Å². The van der Waals surface area contributed by atoms with Gasteiger partial charge in [-0.25, -0.2) is 0 Å². The lowest BCUT2D eigenvalue weighted by Crippen LogP contribution is -2.58. The second-order valence-corrected chi connectivity index (χ2v) is 11.6. The summed E-state index contributed by atoms with van der Waals surface area (Å²) in [5, 5.41) is 11.2. The summed E-state index contributed by atoms with van der Waals surface area (Å²) in [4.78, 5) is 0. The van der Waals surface area contributed by atoms with Crippen LogP contribution in [0.25, 0.3) is 0 Å². The van der Waals surface area contributed by atoms with Gasteiger partial charge < -0.3 is 14.6 Å². The van der Waals surface area contributed by atoms with E-state index >= 15 is 0 Å². The molecule has 5 aliphatic rings. The summed E-state index contributed by atoms with van der Waals surface area (Å²) < 4.78 is 12.3. The van der Waals surface area contributed by atoms with Crippen molar-refractivity contribution in [1.82, 2.24) is 0 Å². The van der Waals surface area contributed by atoms with Crippen molar-refractivity contribution >= 4 is 0 Å². The van der Waals surface area contributed by atoms with Crippen molar-refractivity contribution in [2.75, 3.05) is 13.2 Å². The van der Waals surface area contributed by atoms with E-state index in [-0.39, 0.29) is 11.9 Å². The summed E-state index contributed by atoms with van der Waals surface area (Å²) in [6.45, 7) is 11.2. The van der Waals surface area contributed by atoms with E-state index in [9.17, 15) is 5.11 Å². The third kappa shape index (κ3) is 2.56. The maximum atomic E-state index is 11.2. The smallest absolute Gasteiger partial charge is 0.169 e. The quantitative estimate of drug-likeness (QED) is 0.699. The van der Waals surface area contributed by atoms with Crippen molar-refractivity contribution in [3.63, 3.8) is 0 Å². The molecule has 9 atom stereocenters. The van der Waals surface area contributed by atoms with Crippen LogP contribution in [0.5, 0.6) is 0 Å². The molecule has 27 heavy (non-hydrogen) atoms. The van der Waals surface area contributed by atoms with Gasteiger partial charge in [0, 0.05) is 5.92 Å². The molecule has 0 aromatic rings. The Bertz CT molecular complexity index is 584. The minimum atomic E-state index is -0.379. The molecular formula is C24H40O3. The standard InChI is InChI=1S/C24H40O3/c1-15-7-9-22(2)18-8-10-23(3)17(16(18)14-20(25)19(22)13-15)5-6-21(23)24(4)26-11-12-27-24/h15-21,25H,5-14H2,1-4H3/t15-,16-,17-,18-,19+,20-,21-,22+,23-/m0/s1. The molecule has 1 aliphatic heterocycles. The monoisotopic (exact) mass is 376 g/mol. The lowest BCUT2D eigenvalue weighted by molar-refractivity contribution is -0.223. The van der Waals surface area contributed by atoms with Crippen LogP contribution in [-0.4, -0.2) is 30.2 Å². The van der Waals surface area contributed by atoms with Crippen molar-refractivity contribution < 1.29 is 14.6 Å². The van der Waals surface area contributed by atoms with Crippen LogP contribution in [0.4, 0.5) is 0 Å². The van der Waals surface area contributed by atoms with Gasteiger partial charge in [0.1, 0.15) is 0 Å². The molecule has 1 heterocycles. The van der Waals surface area contributed by atoms with E-state index in [2.05, 4.69) is 27.7 Å². The molecule has 3 nitrogen and oxygen atoms in total. The van der Waals surface area contributed by atoms with E-state index in [1.54, 1.807) is 0 Å². The van der Waals surface area contributed by atoms with E-state index < -0.39 is 0 Å². The molecule has 0 spiro atoms. The Kier molecular flexibility index (Phi) is 4.33. The molecule has 1 N–H and O–H groups in total. The Morgan fingerprint density at radius 3 is 2.19 bits per heavy atom. The second kappa shape index (κ2) is 6.19. The average molecular weight is 377 g/mol. The molecule has 4 aliphatic carbocycles. The Balaban J connectivity index is 1.44. The number of aliphatic hydroxyl groups is 1. The van der Waals surface area contributed by atoms with Crippen LogP contribution in [0, 0.1) is 46.3 Å². The summed E-state index contributed by atoms with van der Waals surface area (Å²) in [6, 6.07) is 0. The summed E-state index contributed by atoms with van der Waals surface area (Å²) in [6.07, 6.45) is 10.1. The third-order valence-corrected chi connectivity index (χ3v) is 10.4. The van der Waals surface area contributed by atoms with Crippen LogP contribution in [0.1, 0.15) is 79.1 Å². The molecule has 5 rings (SSSR count). The van der Waals surface area contributed by atoms with Gasteiger partial charge in [0.2, 0.25) is 0 Å². The second-order valence-electron chi connectivity index (χ2n) is 11.6. The van der Waals surface area contributed by atoms with Crippen molar-refractivity contribution in [1.29, 1.82) is 0 Å². The Morgan fingerprint density at radius 1 is 0.778 bits per heavy atom. The maximum absolute atomic E-state index is 11.2. The molecule has 5 fully saturated rings. The first kappa shape index (κ1) is 18.9. The molecule has 154 valence electrons. The highest BCUT2D eigenvalue weighted by molar-refractivity contribution is 5.12. The van der Waals surface area contributed by atoms with E-state index in [4.69, 9.17) is 9.47 Å². The molecule has 0 aromatic heterocycles. The number of hydrogen-bond acceptors (Lipinski definition) is 3. The van der Waals surface area contributed by atoms with Gasteiger partial charge in [-0.3, -0.25) is 0 Å². The van der Waals surface area contributed by atoms with Gasteiger partial charge in [0.25, 0.3) is 0 Å². The molecule has 4 saturated carbocycles. The Hall–Kier alpha value is -0.120. The van der Waals surface area contributed by atoms with Gasteiger partial charge >= 0.3 is 0 Å². The van der Waals surface area contributed by atoms with Crippen LogP contribution >= 0.6 is 0 Å². The van der Waals surface area contributed by atoms with Gasteiger partial charge in [-0.15, -0.1) is 0 Å². The van der Waals surface area contributed by atoms with Gasteiger partial charge in [-0.05, 0) is 92.3 Å². The number of ether oxygens (including phenoxy) is 2. The first-order valence-electron chi connectivity index (χ1n) is 11.7. The predicted molar refractivity (Wildman–Crippen MR) is 106 cm³/mol. The topological polar surface area (TPSA) is 38.7 Å².